The zero-order chi connectivity index (χ0) is 14.5. The van der Waals surface area contributed by atoms with Gasteiger partial charge in [-0.25, -0.2) is 0 Å². The normalized spacial score (nSPS) is 22.2. The summed E-state index contributed by atoms with van der Waals surface area (Å²) in [7, 11) is 0. The fourth-order valence-corrected chi connectivity index (χ4v) is 2.52. The van der Waals surface area contributed by atoms with Crippen LogP contribution in [0.25, 0.3) is 0 Å². The molecule has 0 aliphatic heterocycles. The molecular formula is C14H18N2O4. The van der Waals surface area contributed by atoms with E-state index in [0.717, 1.165) is 25.7 Å². The van der Waals surface area contributed by atoms with Gasteiger partial charge in [0, 0.05) is 30.3 Å². The zero-order valence-corrected chi connectivity index (χ0v) is 11.1. The molecule has 1 aromatic rings. The summed E-state index contributed by atoms with van der Waals surface area (Å²) >= 11 is 0. The smallest absolute Gasteiger partial charge is 0.270 e. The van der Waals surface area contributed by atoms with Gasteiger partial charge in [0.1, 0.15) is 0 Å². The number of nitro benzene ring substituents is 1. The van der Waals surface area contributed by atoms with E-state index in [1.165, 1.54) is 18.2 Å². The van der Waals surface area contributed by atoms with Crippen LogP contribution in [0.1, 0.15) is 36.0 Å². The van der Waals surface area contributed by atoms with Gasteiger partial charge in [0.2, 0.25) is 0 Å². The highest BCUT2D eigenvalue weighted by atomic mass is 16.6. The Morgan fingerprint density at radius 1 is 1.35 bits per heavy atom. The molecule has 1 aromatic carbocycles. The molecule has 0 spiro atoms. The molecule has 0 radical (unpaired) electrons. The van der Waals surface area contributed by atoms with Gasteiger partial charge in [0.15, 0.2) is 0 Å². The van der Waals surface area contributed by atoms with Gasteiger partial charge in [0.05, 0.1) is 4.92 Å². The van der Waals surface area contributed by atoms with Gasteiger partial charge in [-0.3, -0.25) is 14.9 Å². The van der Waals surface area contributed by atoms with Crippen molar-refractivity contribution in [1.29, 1.82) is 0 Å². The van der Waals surface area contributed by atoms with Gasteiger partial charge in [-0.2, -0.15) is 0 Å². The number of nitro groups is 1. The molecule has 1 aliphatic rings. The van der Waals surface area contributed by atoms with Crippen LogP contribution in [0.4, 0.5) is 5.69 Å². The molecule has 1 fully saturated rings. The van der Waals surface area contributed by atoms with Crippen LogP contribution in [0.2, 0.25) is 0 Å². The SMILES string of the molecule is O=C(NC1CCC(CO)CC1)c1cccc([N+](=O)[O-])c1. The first kappa shape index (κ1) is 14.5. The van der Waals surface area contributed by atoms with Gasteiger partial charge in [-0.1, -0.05) is 6.07 Å². The summed E-state index contributed by atoms with van der Waals surface area (Å²) in [6.45, 7) is 0.200. The van der Waals surface area contributed by atoms with E-state index < -0.39 is 4.92 Å². The summed E-state index contributed by atoms with van der Waals surface area (Å²) in [6, 6.07) is 5.82. The second kappa shape index (κ2) is 6.47. The number of rotatable bonds is 4. The lowest BCUT2D eigenvalue weighted by atomic mass is 9.86. The molecule has 0 bridgehead atoms. The molecule has 6 nitrogen and oxygen atoms in total. The van der Waals surface area contributed by atoms with E-state index in [9.17, 15) is 14.9 Å². The lowest BCUT2D eigenvalue weighted by molar-refractivity contribution is -0.384. The summed E-state index contributed by atoms with van der Waals surface area (Å²) in [5.74, 6) is 0.0575. The molecule has 0 unspecified atom stereocenters. The predicted octanol–water partition coefficient (Wildman–Crippen LogP) is 1.88. The van der Waals surface area contributed by atoms with Gasteiger partial charge >= 0.3 is 0 Å². The molecule has 2 rings (SSSR count). The minimum atomic E-state index is -0.511. The number of hydrogen-bond donors (Lipinski definition) is 2. The van der Waals surface area contributed by atoms with Crippen LogP contribution in [0.5, 0.6) is 0 Å². The molecule has 108 valence electrons. The van der Waals surface area contributed by atoms with E-state index in [1.807, 2.05) is 0 Å². The van der Waals surface area contributed by atoms with Crippen molar-refractivity contribution in [2.75, 3.05) is 6.61 Å². The molecular weight excluding hydrogens is 260 g/mol. The van der Waals surface area contributed by atoms with E-state index in [-0.39, 0.29) is 24.2 Å². The van der Waals surface area contributed by atoms with Crippen LogP contribution < -0.4 is 5.32 Å². The maximum atomic E-state index is 12.1. The Bertz CT molecular complexity index is 496. The Hall–Kier alpha value is -1.95. The van der Waals surface area contributed by atoms with Crippen LogP contribution in [-0.2, 0) is 0 Å². The second-order valence-electron chi connectivity index (χ2n) is 5.18. The van der Waals surface area contributed by atoms with Crippen LogP contribution in [0.15, 0.2) is 24.3 Å². The minimum Gasteiger partial charge on any atom is -0.396 e. The fourth-order valence-electron chi connectivity index (χ4n) is 2.52. The number of non-ortho nitro benzene ring substituents is 1. The fraction of sp³-hybridized carbons (Fsp3) is 0.500. The van der Waals surface area contributed by atoms with E-state index in [0.29, 0.717) is 11.5 Å². The van der Waals surface area contributed by atoms with E-state index in [2.05, 4.69) is 5.32 Å². The van der Waals surface area contributed by atoms with Crippen molar-refractivity contribution in [3.05, 3.63) is 39.9 Å². The van der Waals surface area contributed by atoms with Crippen LogP contribution >= 0.6 is 0 Å². The summed E-state index contributed by atoms with van der Waals surface area (Å²) in [5.41, 5.74) is 0.227. The van der Waals surface area contributed by atoms with Gasteiger partial charge in [-0.15, -0.1) is 0 Å². The number of carbonyl (C=O) groups excluding carboxylic acids is 1. The van der Waals surface area contributed by atoms with Crippen LogP contribution in [0.3, 0.4) is 0 Å². The number of hydrogen-bond acceptors (Lipinski definition) is 4. The third-order valence-corrected chi connectivity index (χ3v) is 3.76. The first-order valence-electron chi connectivity index (χ1n) is 6.76. The van der Waals surface area contributed by atoms with E-state index in [1.54, 1.807) is 6.07 Å². The zero-order valence-electron chi connectivity index (χ0n) is 11.1. The molecule has 6 heteroatoms. The Balaban J connectivity index is 1.95. The summed E-state index contributed by atoms with van der Waals surface area (Å²) in [6.07, 6.45) is 3.48. The maximum absolute atomic E-state index is 12.1. The molecule has 0 saturated heterocycles. The van der Waals surface area contributed by atoms with Crippen molar-refractivity contribution >= 4 is 11.6 Å². The third kappa shape index (κ3) is 3.54. The molecule has 1 aliphatic carbocycles. The summed E-state index contributed by atoms with van der Waals surface area (Å²) in [4.78, 5) is 22.2. The quantitative estimate of drug-likeness (QED) is 0.649. The summed E-state index contributed by atoms with van der Waals surface area (Å²) in [5, 5.41) is 22.7. The molecule has 20 heavy (non-hydrogen) atoms. The highest BCUT2D eigenvalue weighted by molar-refractivity contribution is 5.95. The molecule has 0 atom stereocenters. The van der Waals surface area contributed by atoms with Crippen molar-refractivity contribution in [3.63, 3.8) is 0 Å². The Kier molecular flexibility index (Phi) is 4.68. The van der Waals surface area contributed by atoms with Crippen molar-refractivity contribution < 1.29 is 14.8 Å². The Morgan fingerprint density at radius 2 is 2.05 bits per heavy atom. The topological polar surface area (TPSA) is 92.5 Å². The average Bonchev–Trinajstić information content (AvgIpc) is 2.48. The van der Waals surface area contributed by atoms with Crippen LogP contribution in [-0.4, -0.2) is 28.6 Å². The lowest BCUT2D eigenvalue weighted by Crippen LogP contribution is -2.38. The monoisotopic (exact) mass is 278 g/mol. The molecule has 1 saturated carbocycles. The number of aliphatic hydroxyl groups excluding tert-OH is 1. The van der Waals surface area contributed by atoms with Crippen LogP contribution in [0, 0.1) is 16.0 Å². The first-order chi connectivity index (χ1) is 9.60. The number of amides is 1. The van der Waals surface area contributed by atoms with Crippen molar-refractivity contribution in [1.82, 2.24) is 5.32 Å². The van der Waals surface area contributed by atoms with Gasteiger partial charge < -0.3 is 10.4 Å². The minimum absolute atomic E-state index is 0.0818. The average molecular weight is 278 g/mol. The lowest BCUT2D eigenvalue weighted by Gasteiger charge is -2.27. The maximum Gasteiger partial charge on any atom is 0.270 e. The first-order valence-corrected chi connectivity index (χ1v) is 6.76. The Morgan fingerprint density at radius 3 is 2.65 bits per heavy atom. The number of nitrogens with one attached hydrogen (secondary N) is 1. The summed E-state index contributed by atoms with van der Waals surface area (Å²) < 4.78 is 0. The number of benzene rings is 1. The Labute approximate surface area is 117 Å². The van der Waals surface area contributed by atoms with Gasteiger partial charge in [-0.05, 0) is 37.7 Å². The highest BCUT2D eigenvalue weighted by Crippen LogP contribution is 2.24. The standard InChI is InChI=1S/C14H18N2O4/c17-9-10-4-6-12(7-5-10)15-14(18)11-2-1-3-13(8-11)16(19)20/h1-3,8,10,12,17H,4-7,9H2,(H,15,18). The highest BCUT2D eigenvalue weighted by Gasteiger charge is 2.22. The van der Waals surface area contributed by atoms with Crippen molar-refractivity contribution in [2.45, 2.75) is 31.7 Å². The van der Waals surface area contributed by atoms with E-state index >= 15 is 0 Å². The predicted molar refractivity (Wildman–Crippen MR) is 73.4 cm³/mol. The molecule has 2 N–H and O–H groups in total. The van der Waals surface area contributed by atoms with Gasteiger partial charge in [0.25, 0.3) is 11.6 Å². The third-order valence-electron chi connectivity index (χ3n) is 3.76. The van der Waals surface area contributed by atoms with Crippen molar-refractivity contribution in [3.8, 4) is 0 Å². The number of carbonyl (C=O) groups is 1. The van der Waals surface area contributed by atoms with Crippen molar-refractivity contribution in [2.24, 2.45) is 5.92 Å². The number of nitrogens with zero attached hydrogens (tertiary/aromatic N) is 1. The largest absolute Gasteiger partial charge is 0.396 e. The van der Waals surface area contributed by atoms with E-state index in [4.69, 9.17) is 5.11 Å². The second-order valence-corrected chi connectivity index (χ2v) is 5.18. The molecule has 0 aromatic heterocycles. The molecule has 1 amide bonds. The molecule has 0 heterocycles. The number of aliphatic hydroxyl groups is 1.